The molecule has 3 N–H and O–H groups in total. The van der Waals surface area contributed by atoms with Gasteiger partial charge < -0.3 is 10.2 Å². The summed E-state index contributed by atoms with van der Waals surface area (Å²) in [6.07, 6.45) is 1.03. The molecule has 1 unspecified atom stereocenters. The first-order valence-electron chi connectivity index (χ1n) is 13.6. The monoisotopic (exact) mass is 629 g/mol. The molecule has 0 aromatic heterocycles. The van der Waals surface area contributed by atoms with E-state index in [0.717, 1.165) is 5.56 Å². The summed E-state index contributed by atoms with van der Waals surface area (Å²) in [5.74, 6) is -0.931. The fourth-order valence-electron chi connectivity index (χ4n) is 4.78. The normalized spacial score (nSPS) is 12.8. The predicted molar refractivity (Wildman–Crippen MR) is 170 cm³/mol. The van der Waals surface area contributed by atoms with Crippen molar-refractivity contribution in [2.75, 3.05) is 18.8 Å². The third kappa shape index (κ3) is 8.91. The topological polar surface area (TPSA) is 127 Å². The van der Waals surface area contributed by atoms with Crippen LogP contribution in [0.3, 0.4) is 0 Å². The van der Waals surface area contributed by atoms with Gasteiger partial charge >= 0.3 is 0 Å². The Hall–Kier alpha value is -3.18. The van der Waals surface area contributed by atoms with Crippen LogP contribution in [0.25, 0.3) is 11.1 Å². The quantitative estimate of drug-likeness (QED) is 0.170. The summed E-state index contributed by atoms with van der Waals surface area (Å²) in [4.78, 5) is 39.4. The fraction of sp³-hybridized carbons (Fsp3) is 0.323. The van der Waals surface area contributed by atoms with Gasteiger partial charge in [0.1, 0.15) is 0 Å². The summed E-state index contributed by atoms with van der Waals surface area (Å²) in [5, 5.41) is 7.61. The lowest BCUT2D eigenvalue weighted by Gasteiger charge is -2.31. The highest BCUT2D eigenvalue weighted by molar-refractivity contribution is 7.89. The molecule has 0 fully saturated rings. The Morgan fingerprint density at radius 2 is 1.71 bits per heavy atom. The number of rotatable bonds is 14. The van der Waals surface area contributed by atoms with Gasteiger partial charge in [-0.15, -0.1) is 0 Å². The molecular weight excluding hydrogens is 594 g/mol. The molecular formula is C31H36ClN3O5S2. The zero-order valence-corrected chi connectivity index (χ0v) is 26.1. The zero-order chi connectivity index (χ0) is 30.9. The lowest BCUT2D eigenvalue weighted by atomic mass is 9.96. The van der Waals surface area contributed by atoms with Crippen LogP contribution in [0.2, 0.25) is 5.02 Å². The van der Waals surface area contributed by atoms with Gasteiger partial charge in [0.25, 0.3) is 0 Å². The van der Waals surface area contributed by atoms with Crippen molar-refractivity contribution in [3.05, 3.63) is 94.5 Å². The van der Waals surface area contributed by atoms with E-state index in [1.165, 1.54) is 11.8 Å². The Balaban J connectivity index is 1.83. The minimum Gasteiger partial charge on any atom is -0.354 e. The van der Waals surface area contributed by atoms with Crippen LogP contribution in [-0.4, -0.2) is 49.8 Å². The zero-order valence-electron chi connectivity index (χ0n) is 23.6. The molecule has 0 saturated heterocycles. The summed E-state index contributed by atoms with van der Waals surface area (Å²) in [6.45, 7) is 3.25. The van der Waals surface area contributed by atoms with Crippen molar-refractivity contribution in [3.63, 3.8) is 0 Å². The summed E-state index contributed by atoms with van der Waals surface area (Å²) < 4.78 is 25.8. The maximum absolute atomic E-state index is 13.2. The number of Topliss-reactive ketones (excluding diaryl/α,β-unsaturated/α-hetero) is 1. The SMILES string of the molecule is CCCC(=O)N(CCNC(=O)[C@@H](CS)Cc1cccc(Cl)c1)C(c1ccc(-c2ccccc2C(C)=O)cc1)S(N)(=O)=O. The third-order valence-corrected chi connectivity index (χ3v) is 8.63. The van der Waals surface area contributed by atoms with Gasteiger partial charge in [-0.25, -0.2) is 13.6 Å². The second kappa shape index (κ2) is 15.3. The molecule has 0 aliphatic rings. The number of nitrogens with one attached hydrogen (secondary N) is 1. The highest BCUT2D eigenvalue weighted by atomic mass is 35.5. The molecule has 3 rings (SSSR count). The van der Waals surface area contributed by atoms with Crippen LogP contribution in [0, 0.1) is 5.92 Å². The van der Waals surface area contributed by atoms with Crippen LogP contribution < -0.4 is 10.5 Å². The maximum Gasteiger partial charge on any atom is 0.234 e. The van der Waals surface area contributed by atoms with Crippen molar-refractivity contribution in [3.8, 4) is 11.1 Å². The number of halogens is 1. The molecule has 0 heterocycles. The summed E-state index contributed by atoms with van der Waals surface area (Å²) in [7, 11) is -4.28. The van der Waals surface area contributed by atoms with E-state index < -0.39 is 27.2 Å². The van der Waals surface area contributed by atoms with E-state index in [-0.39, 0.29) is 37.0 Å². The molecule has 3 aromatic carbocycles. The number of benzene rings is 3. The first-order chi connectivity index (χ1) is 20.0. The van der Waals surface area contributed by atoms with E-state index in [2.05, 4.69) is 17.9 Å². The number of amides is 2. The van der Waals surface area contributed by atoms with Crippen molar-refractivity contribution in [2.24, 2.45) is 11.1 Å². The smallest absolute Gasteiger partial charge is 0.234 e. The van der Waals surface area contributed by atoms with Gasteiger partial charge in [-0.2, -0.15) is 12.6 Å². The minimum atomic E-state index is -4.28. The summed E-state index contributed by atoms with van der Waals surface area (Å²) in [5.41, 5.74) is 3.15. The molecule has 3 aromatic rings. The molecule has 0 bridgehead atoms. The van der Waals surface area contributed by atoms with Crippen molar-refractivity contribution in [1.29, 1.82) is 0 Å². The molecule has 11 heteroatoms. The third-order valence-electron chi connectivity index (χ3n) is 6.81. The Labute approximate surface area is 258 Å². The number of nitrogens with zero attached hydrogens (tertiary/aromatic N) is 1. The molecule has 0 saturated carbocycles. The second-order valence-electron chi connectivity index (χ2n) is 10.0. The maximum atomic E-state index is 13.2. The minimum absolute atomic E-state index is 0.0181. The number of hydrogen-bond donors (Lipinski definition) is 3. The number of carbonyl (C=O) groups is 3. The molecule has 42 heavy (non-hydrogen) atoms. The largest absolute Gasteiger partial charge is 0.354 e. The van der Waals surface area contributed by atoms with Gasteiger partial charge in [0, 0.05) is 35.8 Å². The van der Waals surface area contributed by atoms with E-state index in [4.69, 9.17) is 16.7 Å². The van der Waals surface area contributed by atoms with Gasteiger partial charge in [0.05, 0.1) is 5.92 Å². The predicted octanol–water partition coefficient (Wildman–Crippen LogP) is 5.03. The lowest BCUT2D eigenvalue weighted by molar-refractivity contribution is -0.133. The molecule has 2 atom stereocenters. The first kappa shape index (κ1) is 33.3. The number of hydrogen-bond acceptors (Lipinski definition) is 6. The van der Waals surface area contributed by atoms with Crippen LogP contribution in [0.5, 0.6) is 0 Å². The summed E-state index contributed by atoms with van der Waals surface area (Å²) in [6, 6.07) is 20.9. The van der Waals surface area contributed by atoms with Gasteiger partial charge in [-0.05, 0) is 54.2 Å². The number of thiol groups is 1. The molecule has 2 amide bonds. The van der Waals surface area contributed by atoms with Crippen molar-refractivity contribution in [2.45, 2.75) is 38.5 Å². The number of primary sulfonamides is 1. The highest BCUT2D eigenvalue weighted by Gasteiger charge is 2.33. The number of carbonyl (C=O) groups excluding carboxylic acids is 3. The molecule has 0 spiro atoms. The molecule has 0 aliphatic carbocycles. The Morgan fingerprint density at radius 1 is 1.02 bits per heavy atom. The Bertz CT molecular complexity index is 1510. The van der Waals surface area contributed by atoms with Crippen LogP contribution in [0.15, 0.2) is 72.8 Å². The molecule has 0 aliphatic heterocycles. The lowest BCUT2D eigenvalue weighted by Crippen LogP contribution is -2.46. The summed E-state index contributed by atoms with van der Waals surface area (Å²) >= 11 is 10.4. The highest BCUT2D eigenvalue weighted by Crippen LogP contribution is 2.30. The van der Waals surface area contributed by atoms with E-state index in [1.54, 1.807) is 48.5 Å². The van der Waals surface area contributed by atoms with Gasteiger partial charge in [-0.1, -0.05) is 79.2 Å². The van der Waals surface area contributed by atoms with Gasteiger partial charge in [0.15, 0.2) is 11.2 Å². The van der Waals surface area contributed by atoms with Gasteiger partial charge in [-0.3, -0.25) is 14.4 Å². The Kier molecular flexibility index (Phi) is 12.2. The van der Waals surface area contributed by atoms with Crippen molar-refractivity contribution in [1.82, 2.24) is 10.2 Å². The van der Waals surface area contributed by atoms with E-state index in [9.17, 15) is 22.8 Å². The van der Waals surface area contributed by atoms with Crippen LogP contribution in [0.4, 0.5) is 0 Å². The average Bonchev–Trinajstić information content (AvgIpc) is 2.95. The van der Waals surface area contributed by atoms with E-state index >= 15 is 0 Å². The second-order valence-corrected chi connectivity index (χ2v) is 12.4. The number of ketones is 1. The Morgan fingerprint density at radius 3 is 2.31 bits per heavy atom. The fourth-order valence-corrected chi connectivity index (χ4v) is 6.40. The van der Waals surface area contributed by atoms with Crippen LogP contribution >= 0.6 is 24.2 Å². The molecule has 0 radical (unpaired) electrons. The molecule has 224 valence electrons. The number of sulfonamides is 1. The standard InChI is InChI=1S/C31H36ClN3O5S2/c1-3-7-29(37)35(17-16-34-30(38)25(20-41)18-22-8-6-9-26(32)19-22)31(42(33,39)40)24-14-12-23(13-15-24)28-11-5-4-10-27(28)21(2)36/h4-6,8-15,19,25,31,41H,3,7,16-18,20H2,1-2H3,(H,34,38)(H2,33,39,40)/t25-,31?/m1/s1. The van der Waals surface area contributed by atoms with Gasteiger partial charge in [0.2, 0.25) is 21.8 Å². The van der Waals surface area contributed by atoms with Crippen molar-refractivity contribution < 1.29 is 22.8 Å². The molecule has 8 nitrogen and oxygen atoms in total. The van der Waals surface area contributed by atoms with Crippen LogP contribution in [-0.2, 0) is 26.0 Å². The van der Waals surface area contributed by atoms with E-state index in [1.807, 2.05) is 31.2 Å². The average molecular weight is 630 g/mol. The van der Waals surface area contributed by atoms with Crippen LogP contribution in [0.1, 0.15) is 53.5 Å². The number of nitrogens with two attached hydrogens (primary N) is 1. The van der Waals surface area contributed by atoms with E-state index in [0.29, 0.717) is 40.1 Å². The van der Waals surface area contributed by atoms with Crippen molar-refractivity contribution >= 4 is 51.9 Å². The first-order valence-corrected chi connectivity index (χ1v) is 16.2.